The lowest BCUT2D eigenvalue weighted by atomic mass is 9.99. The molecule has 0 unspecified atom stereocenters. The van der Waals surface area contributed by atoms with Crippen molar-refractivity contribution in [3.8, 4) is 0 Å². The summed E-state index contributed by atoms with van der Waals surface area (Å²) in [5, 5.41) is 2.98. The average Bonchev–Trinajstić information content (AvgIpc) is 3.01. The molecule has 0 bridgehead atoms. The molecule has 216 valence electrons. The smallest absolute Gasteiger partial charge is 0.340 e. The van der Waals surface area contributed by atoms with Crippen LogP contribution in [0.2, 0.25) is 0 Å². The molecule has 10 heteroatoms. The van der Waals surface area contributed by atoms with E-state index in [9.17, 15) is 24.0 Å². The normalized spacial score (nSPS) is 12.5. The summed E-state index contributed by atoms with van der Waals surface area (Å²) in [5.41, 5.74) is 2.03. The average molecular weight is 569 g/mol. The Balaban J connectivity index is 1.33. The van der Waals surface area contributed by atoms with Crippen LogP contribution in [0.5, 0.6) is 0 Å². The predicted octanol–water partition coefficient (Wildman–Crippen LogP) is 3.34. The van der Waals surface area contributed by atoms with E-state index >= 15 is 0 Å². The number of carbonyl (C=O) groups excluding carboxylic acids is 3. The third kappa shape index (κ3) is 6.02. The van der Waals surface area contributed by atoms with Crippen molar-refractivity contribution in [2.24, 2.45) is 0 Å². The van der Waals surface area contributed by atoms with Gasteiger partial charge >= 0.3 is 11.7 Å². The van der Waals surface area contributed by atoms with Crippen molar-refractivity contribution in [3.05, 3.63) is 110 Å². The van der Waals surface area contributed by atoms with Gasteiger partial charge in [-0.1, -0.05) is 48.5 Å². The van der Waals surface area contributed by atoms with E-state index in [0.29, 0.717) is 25.0 Å². The van der Waals surface area contributed by atoms with Gasteiger partial charge in [0.1, 0.15) is 6.54 Å². The number of fused-ring (bicyclic) bond motifs is 2. The van der Waals surface area contributed by atoms with Gasteiger partial charge in [0.25, 0.3) is 5.56 Å². The fourth-order valence-corrected chi connectivity index (χ4v) is 5.29. The third-order valence-electron chi connectivity index (χ3n) is 7.39. The Bertz CT molecular complexity index is 1770. The summed E-state index contributed by atoms with van der Waals surface area (Å²) in [7, 11) is 0. The van der Waals surface area contributed by atoms with E-state index in [4.69, 9.17) is 4.74 Å². The maximum Gasteiger partial charge on any atom is 0.340 e. The number of amides is 2. The van der Waals surface area contributed by atoms with Gasteiger partial charge in [0.05, 0.1) is 28.8 Å². The van der Waals surface area contributed by atoms with Crippen LogP contribution in [-0.4, -0.2) is 45.0 Å². The molecule has 10 nitrogen and oxygen atoms in total. The van der Waals surface area contributed by atoms with Crippen LogP contribution in [0.1, 0.15) is 41.3 Å². The largest absolute Gasteiger partial charge is 0.462 e. The molecule has 4 aromatic rings. The molecule has 3 aromatic carbocycles. The zero-order chi connectivity index (χ0) is 29.6. The Hall–Kier alpha value is -4.99. The molecule has 2 heterocycles. The summed E-state index contributed by atoms with van der Waals surface area (Å²) >= 11 is 0. The number of aromatic nitrogens is 2. The molecule has 1 aliphatic rings. The van der Waals surface area contributed by atoms with Gasteiger partial charge in [-0.2, -0.15) is 0 Å². The predicted molar refractivity (Wildman–Crippen MR) is 158 cm³/mol. The van der Waals surface area contributed by atoms with Gasteiger partial charge in [-0.15, -0.1) is 0 Å². The monoisotopic (exact) mass is 568 g/mol. The Morgan fingerprint density at radius 2 is 1.60 bits per heavy atom. The number of rotatable bonds is 9. The Labute approximate surface area is 242 Å². The first-order chi connectivity index (χ1) is 20.4. The number of hydrogen-bond acceptors (Lipinski definition) is 6. The minimum absolute atomic E-state index is 0.0293. The lowest BCUT2D eigenvalue weighted by molar-refractivity contribution is -0.132. The number of para-hydroxylation sites is 2. The van der Waals surface area contributed by atoms with Gasteiger partial charge < -0.3 is 15.0 Å². The highest BCUT2D eigenvalue weighted by Gasteiger charge is 2.21. The van der Waals surface area contributed by atoms with Crippen LogP contribution in [0.3, 0.4) is 0 Å². The van der Waals surface area contributed by atoms with Gasteiger partial charge in [0.15, 0.2) is 0 Å². The quantitative estimate of drug-likeness (QED) is 0.309. The topological polar surface area (TPSA) is 120 Å². The van der Waals surface area contributed by atoms with Crippen LogP contribution in [-0.2, 0) is 40.4 Å². The van der Waals surface area contributed by atoms with Crippen LogP contribution >= 0.6 is 0 Å². The molecule has 0 saturated heterocycles. The number of nitrogens with one attached hydrogen (secondary N) is 1. The first-order valence-corrected chi connectivity index (χ1v) is 14.0. The van der Waals surface area contributed by atoms with Crippen LogP contribution in [0.4, 0.5) is 5.69 Å². The van der Waals surface area contributed by atoms with Gasteiger partial charge in [0, 0.05) is 26.1 Å². The highest BCUT2D eigenvalue weighted by Crippen LogP contribution is 2.20. The van der Waals surface area contributed by atoms with Gasteiger partial charge in [-0.05, 0) is 55.2 Å². The Kier molecular flexibility index (Phi) is 8.61. The molecule has 1 N–H and O–H groups in total. The highest BCUT2D eigenvalue weighted by molar-refractivity contribution is 6.01. The molecule has 42 heavy (non-hydrogen) atoms. The number of ether oxygens (including phenoxy) is 1. The van der Waals surface area contributed by atoms with Crippen molar-refractivity contribution >= 4 is 34.4 Å². The van der Waals surface area contributed by atoms with Crippen LogP contribution < -0.4 is 16.6 Å². The Morgan fingerprint density at radius 1 is 0.881 bits per heavy atom. The summed E-state index contributed by atoms with van der Waals surface area (Å²) in [4.78, 5) is 67.0. The zero-order valence-electron chi connectivity index (χ0n) is 23.4. The molecule has 0 spiro atoms. The molecule has 0 aliphatic carbocycles. The van der Waals surface area contributed by atoms with E-state index in [1.54, 1.807) is 55.5 Å². The maximum atomic E-state index is 13.5. The zero-order valence-corrected chi connectivity index (χ0v) is 23.4. The van der Waals surface area contributed by atoms with E-state index in [0.717, 1.165) is 16.6 Å². The molecule has 0 radical (unpaired) electrons. The van der Waals surface area contributed by atoms with E-state index in [1.807, 2.05) is 23.1 Å². The fourth-order valence-electron chi connectivity index (χ4n) is 5.29. The van der Waals surface area contributed by atoms with Crippen LogP contribution in [0.15, 0.2) is 82.4 Å². The van der Waals surface area contributed by atoms with Crippen molar-refractivity contribution in [1.29, 1.82) is 0 Å². The molecule has 2 amide bonds. The molecule has 0 saturated carbocycles. The molecule has 1 aliphatic heterocycles. The van der Waals surface area contributed by atoms with Crippen molar-refractivity contribution in [1.82, 2.24) is 14.0 Å². The summed E-state index contributed by atoms with van der Waals surface area (Å²) < 4.78 is 7.39. The second-order valence-corrected chi connectivity index (χ2v) is 10.1. The maximum absolute atomic E-state index is 13.5. The lowest BCUT2D eigenvalue weighted by Gasteiger charge is -2.29. The number of anilines is 1. The van der Waals surface area contributed by atoms with Crippen molar-refractivity contribution in [3.63, 3.8) is 0 Å². The standard InChI is InChI=1S/C32H32N4O6/c1-2-42-31(40)24-12-5-7-14-26(24)33-28(37)21-36-27-15-8-6-13-25(27)30(39)35(32(36)41)18-9-16-29(38)34-19-17-22-10-3-4-11-23(22)20-34/h3-8,10-15H,2,9,16-21H2,1H3,(H,33,37). The number of esters is 1. The lowest BCUT2D eigenvalue weighted by Crippen LogP contribution is -2.42. The molecule has 5 rings (SSSR count). The van der Waals surface area contributed by atoms with Crippen LogP contribution in [0, 0.1) is 0 Å². The molecule has 1 aromatic heterocycles. The van der Waals surface area contributed by atoms with Crippen molar-refractivity contribution in [2.75, 3.05) is 18.5 Å². The van der Waals surface area contributed by atoms with E-state index < -0.39 is 23.1 Å². The van der Waals surface area contributed by atoms with Crippen molar-refractivity contribution in [2.45, 2.75) is 45.8 Å². The van der Waals surface area contributed by atoms with E-state index in [2.05, 4.69) is 11.4 Å². The summed E-state index contributed by atoms with van der Waals surface area (Å²) in [6.45, 7) is 2.70. The summed E-state index contributed by atoms with van der Waals surface area (Å²) in [6.07, 6.45) is 1.28. The Morgan fingerprint density at radius 3 is 2.40 bits per heavy atom. The third-order valence-corrected chi connectivity index (χ3v) is 7.39. The molecule has 0 atom stereocenters. The van der Waals surface area contributed by atoms with Gasteiger partial charge in [-0.3, -0.25) is 23.5 Å². The van der Waals surface area contributed by atoms with Crippen LogP contribution in [0.25, 0.3) is 10.9 Å². The van der Waals surface area contributed by atoms with E-state index in [-0.39, 0.29) is 48.7 Å². The number of benzene rings is 3. The first kappa shape index (κ1) is 28.5. The van der Waals surface area contributed by atoms with Crippen molar-refractivity contribution < 1.29 is 19.1 Å². The molecular formula is C32H32N4O6. The number of carbonyl (C=O) groups is 3. The van der Waals surface area contributed by atoms with E-state index in [1.165, 1.54) is 10.1 Å². The molecular weight excluding hydrogens is 536 g/mol. The summed E-state index contributed by atoms with van der Waals surface area (Å²) in [5.74, 6) is -1.16. The second kappa shape index (κ2) is 12.7. The SMILES string of the molecule is CCOC(=O)c1ccccc1NC(=O)Cn1c(=O)n(CCCC(=O)N2CCc3ccccc3C2)c(=O)c2ccccc21. The highest BCUT2D eigenvalue weighted by atomic mass is 16.5. The summed E-state index contributed by atoms with van der Waals surface area (Å²) in [6, 6.07) is 21.1. The second-order valence-electron chi connectivity index (χ2n) is 10.1. The van der Waals surface area contributed by atoms with Gasteiger partial charge in [-0.25, -0.2) is 9.59 Å². The number of hydrogen-bond donors (Lipinski definition) is 1. The van der Waals surface area contributed by atoms with Gasteiger partial charge in [0.2, 0.25) is 11.8 Å². The minimum Gasteiger partial charge on any atom is -0.462 e. The molecule has 0 fully saturated rings. The number of nitrogens with zero attached hydrogens (tertiary/aromatic N) is 3. The fraction of sp³-hybridized carbons (Fsp3) is 0.281. The minimum atomic E-state index is -0.646. The first-order valence-electron chi connectivity index (χ1n) is 14.0.